The van der Waals surface area contributed by atoms with Gasteiger partial charge in [-0.15, -0.1) is 0 Å². The molecular formula is C46H26N2O2. The number of benzene rings is 8. The van der Waals surface area contributed by atoms with Gasteiger partial charge >= 0.3 is 0 Å². The van der Waals surface area contributed by atoms with E-state index in [1.54, 1.807) is 0 Å². The molecule has 0 spiro atoms. The van der Waals surface area contributed by atoms with Crippen LogP contribution in [-0.2, 0) is 0 Å². The lowest BCUT2D eigenvalue weighted by molar-refractivity contribution is 0.667. The molecule has 0 bridgehead atoms. The second-order valence-corrected chi connectivity index (χ2v) is 12.9. The van der Waals surface area contributed by atoms with E-state index in [4.69, 9.17) is 18.8 Å². The maximum Gasteiger partial charge on any atom is 0.180 e. The standard InChI is InChI=1S/C46H26N2O2/c1-2-11-28-24-31(21-20-27(28)10-1)43-45-44(36-16-7-8-18-39(36)50-45)48-46(47-43)37-17-9-19-40-42(37)35-23-22-30(26-41(35)49-40)38-25-29-12-3-4-13-32(29)33-14-5-6-15-34(33)38/h1-26H. The normalized spacial score (nSPS) is 12.0. The molecule has 0 amide bonds. The van der Waals surface area contributed by atoms with Crippen LogP contribution < -0.4 is 0 Å². The minimum atomic E-state index is 0.630. The SMILES string of the molecule is c1ccc2cc(-c3nc(-c4cccc5oc6cc(-c7cc8ccccc8c8ccccc78)ccc6c45)nc4c3oc3ccccc34)ccc2c1. The molecule has 3 aromatic heterocycles. The molecule has 3 heterocycles. The van der Waals surface area contributed by atoms with E-state index < -0.39 is 0 Å². The van der Waals surface area contributed by atoms with E-state index in [1.807, 2.05) is 30.3 Å². The van der Waals surface area contributed by atoms with E-state index in [9.17, 15) is 0 Å². The third-order valence-corrected chi connectivity index (χ3v) is 10.1. The van der Waals surface area contributed by atoms with Gasteiger partial charge in [-0.05, 0) is 85.9 Å². The van der Waals surface area contributed by atoms with Crippen molar-refractivity contribution in [3.05, 3.63) is 158 Å². The average Bonchev–Trinajstić information content (AvgIpc) is 3.75. The quantitative estimate of drug-likeness (QED) is 0.181. The number of fused-ring (bicyclic) bond motifs is 10. The van der Waals surface area contributed by atoms with Gasteiger partial charge in [-0.2, -0.15) is 0 Å². The van der Waals surface area contributed by atoms with Crippen LogP contribution in [0, 0.1) is 0 Å². The third kappa shape index (κ3) is 3.99. The van der Waals surface area contributed by atoms with Gasteiger partial charge in [0.15, 0.2) is 11.4 Å². The maximum atomic E-state index is 6.61. The predicted octanol–water partition coefficient (Wildman–Crippen LogP) is 12.7. The van der Waals surface area contributed by atoms with E-state index >= 15 is 0 Å². The first-order valence-electron chi connectivity index (χ1n) is 16.8. The summed E-state index contributed by atoms with van der Waals surface area (Å²) < 4.78 is 13.1. The van der Waals surface area contributed by atoms with E-state index in [-0.39, 0.29) is 0 Å². The minimum Gasteiger partial charge on any atom is -0.456 e. The molecule has 11 aromatic rings. The molecule has 4 heteroatoms. The first-order valence-corrected chi connectivity index (χ1v) is 16.8. The lowest BCUT2D eigenvalue weighted by atomic mass is 9.93. The van der Waals surface area contributed by atoms with Gasteiger partial charge in [-0.3, -0.25) is 0 Å². The number of para-hydroxylation sites is 1. The summed E-state index contributed by atoms with van der Waals surface area (Å²) in [4.78, 5) is 10.5. The molecule has 0 aliphatic rings. The molecule has 0 aliphatic heterocycles. The number of hydrogen-bond acceptors (Lipinski definition) is 4. The van der Waals surface area contributed by atoms with Gasteiger partial charge in [-0.25, -0.2) is 9.97 Å². The summed E-state index contributed by atoms with van der Waals surface area (Å²) in [6, 6.07) is 55.1. The van der Waals surface area contributed by atoms with Crippen molar-refractivity contribution < 1.29 is 8.83 Å². The monoisotopic (exact) mass is 638 g/mol. The van der Waals surface area contributed by atoms with Crippen LogP contribution in [0.25, 0.3) is 110 Å². The topological polar surface area (TPSA) is 52.1 Å². The van der Waals surface area contributed by atoms with E-state index in [1.165, 1.54) is 32.5 Å². The second kappa shape index (κ2) is 10.4. The lowest BCUT2D eigenvalue weighted by Crippen LogP contribution is -1.94. The van der Waals surface area contributed by atoms with Crippen molar-refractivity contribution in [3.63, 3.8) is 0 Å². The Hall–Kier alpha value is -6.78. The largest absolute Gasteiger partial charge is 0.456 e. The highest BCUT2D eigenvalue weighted by molar-refractivity contribution is 6.16. The summed E-state index contributed by atoms with van der Waals surface area (Å²) in [6.07, 6.45) is 0. The molecule has 0 unspecified atom stereocenters. The zero-order valence-corrected chi connectivity index (χ0v) is 26.7. The van der Waals surface area contributed by atoms with E-state index in [0.29, 0.717) is 11.4 Å². The van der Waals surface area contributed by atoms with Crippen molar-refractivity contribution in [3.8, 4) is 33.8 Å². The summed E-state index contributed by atoms with van der Waals surface area (Å²) in [6.45, 7) is 0. The van der Waals surface area contributed by atoms with Crippen LogP contribution in [0.4, 0.5) is 0 Å². The number of furan rings is 2. The fourth-order valence-electron chi connectivity index (χ4n) is 7.72. The minimum absolute atomic E-state index is 0.630. The van der Waals surface area contributed by atoms with Gasteiger partial charge in [-0.1, -0.05) is 115 Å². The predicted molar refractivity (Wildman–Crippen MR) is 205 cm³/mol. The Morgan fingerprint density at radius 1 is 0.380 bits per heavy atom. The molecule has 11 rings (SSSR count). The Morgan fingerprint density at radius 3 is 2.00 bits per heavy atom. The number of nitrogens with zero attached hydrogens (tertiary/aromatic N) is 2. The number of hydrogen-bond donors (Lipinski definition) is 0. The molecule has 0 saturated carbocycles. The van der Waals surface area contributed by atoms with Crippen molar-refractivity contribution in [1.82, 2.24) is 9.97 Å². The Balaban J connectivity index is 1.14. The molecular weight excluding hydrogens is 613 g/mol. The highest BCUT2D eigenvalue weighted by Crippen LogP contribution is 2.42. The van der Waals surface area contributed by atoms with Crippen LogP contribution in [0.5, 0.6) is 0 Å². The van der Waals surface area contributed by atoms with Crippen LogP contribution >= 0.6 is 0 Å². The molecule has 0 aliphatic carbocycles. The van der Waals surface area contributed by atoms with Crippen molar-refractivity contribution in [2.24, 2.45) is 0 Å². The average molecular weight is 639 g/mol. The molecule has 0 N–H and O–H groups in total. The molecule has 8 aromatic carbocycles. The first kappa shape index (κ1) is 27.2. The van der Waals surface area contributed by atoms with E-state index in [2.05, 4.69) is 127 Å². The smallest absolute Gasteiger partial charge is 0.180 e. The first-order chi connectivity index (χ1) is 24.8. The van der Waals surface area contributed by atoms with Gasteiger partial charge in [0.05, 0.1) is 0 Å². The fraction of sp³-hybridized carbons (Fsp3) is 0. The zero-order valence-electron chi connectivity index (χ0n) is 26.7. The molecule has 0 fully saturated rings. The third-order valence-electron chi connectivity index (χ3n) is 10.1. The van der Waals surface area contributed by atoms with Crippen molar-refractivity contribution in [1.29, 1.82) is 0 Å². The van der Waals surface area contributed by atoms with Gasteiger partial charge in [0.1, 0.15) is 28.0 Å². The summed E-state index contributed by atoms with van der Waals surface area (Å²) in [5.74, 6) is 0.630. The molecule has 0 saturated heterocycles. The second-order valence-electron chi connectivity index (χ2n) is 12.9. The Kier molecular flexibility index (Phi) is 5.63. The lowest BCUT2D eigenvalue weighted by Gasteiger charge is -2.11. The van der Waals surface area contributed by atoms with Gasteiger partial charge in [0.2, 0.25) is 0 Å². The zero-order chi connectivity index (χ0) is 32.8. The number of aromatic nitrogens is 2. The number of rotatable bonds is 3. The molecule has 4 nitrogen and oxygen atoms in total. The molecule has 0 atom stereocenters. The van der Waals surface area contributed by atoms with Crippen LogP contribution in [0.3, 0.4) is 0 Å². The van der Waals surface area contributed by atoms with Crippen molar-refractivity contribution in [2.45, 2.75) is 0 Å². The molecule has 0 radical (unpaired) electrons. The van der Waals surface area contributed by atoms with E-state index in [0.717, 1.165) is 66.2 Å². The molecule has 232 valence electrons. The molecule has 50 heavy (non-hydrogen) atoms. The fourth-order valence-corrected chi connectivity index (χ4v) is 7.72. The van der Waals surface area contributed by atoms with Crippen LogP contribution in [0.15, 0.2) is 167 Å². The summed E-state index contributed by atoms with van der Waals surface area (Å²) in [5, 5.41) is 10.2. The Morgan fingerprint density at radius 2 is 1.10 bits per heavy atom. The van der Waals surface area contributed by atoms with Gasteiger partial charge < -0.3 is 8.83 Å². The maximum absolute atomic E-state index is 6.61. The van der Waals surface area contributed by atoms with Crippen molar-refractivity contribution in [2.75, 3.05) is 0 Å². The van der Waals surface area contributed by atoms with Crippen molar-refractivity contribution >= 4 is 76.3 Å². The highest BCUT2D eigenvalue weighted by Gasteiger charge is 2.21. The Labute approximate surface area is 285 Å². The van der Waals surface area contributed by atoms with Gasteiger partial charge in [0, 0.05) is 27.3 Å². The summed E-state index contributed by atoms with van der Waals surface area (Å²) in [5.41, 5.74) is 8.85. The summed E-state index contributed by atoms with van der Waals surface area (Å²) >= 11 is 0. The van der Waals surface area contributed by atoms with Gasteiger partial charge in [0.25, 0.3) is 0 Å². The van der Waals surface area contributed by atoms with Crippen LogP contribution in [-0.4, -0.2) is 9.97 Å². The Bertz CT molecular complexity index is 3170. The van der Waals surface area contributed by atoms with Crippen LogP contribution in [0.2, 0.25) is 0 Å². The highest BCUT2D eigenvalue weighted by atomic mass is 16.3. The summed E-state index contributed by atoms with van der Waals surface area (Å²) in [7, 11) is 0. The van der Waals surface area contributed by atoms with Crippen LogP contribution in [0.1, 0.15) is 0 Å².